The van der Waals surface area contributed by atoms with Crippen molar-refractivity contribution in [3.8, 4) is 0 Å². The monoisotopic (exact) mass is 140 g/mol. The van der Waals surface area contributed by atoms with E-state index in [2.05, 4.69) is 25.2 Å². The highest BCUT2D eigenvalue weighted by Crippen LogP contribution is 1.89. The van der Waals surface area contributed by atoms with E-state index in [1.165, 1.54) is 0 Å². The van der Waals surface area contributed by atoms with Gasteiger partial charge >= 0.3 is 0 Å². The van der Waals surface area contributed by atoms with E-state index in [1.807, 2.05) is 6.08 Å². The zero-order valence-electron chi connectivity index (χ0n) is 6.59. The molecule has 0 aliphatic rings. The topological polar surface area (TPSA) is 20.2 Å². The summed E-state index contributed by atoms with van der Waals surface area (Å²) < 4.78 is 0. The number of aliphatic hydroxyl groups is 1. The van der Waals surface area contributed by atoms with E-state index < -0.39 is 0 Å². The van der Waals surface area contributed by atoms with Crippen LogP contribution in [-0.4, -0.2) is 11.7 Å². The Bertz CT molecular complexity index is 103. The van der Waals surface area contributed by atoms with Gasteiger partial charge in [0.25, 0.3) is 0 Å². The summed E-state index contributed by atoms with van der Waals surface area (Å²) >= 11 is 0. The second kappa shape index (κ2) is 8.44. The van der Waals surface area contributed by atoms with E-state index in [9.17, 15) is 0 Å². The van der Waals surface area contributed by atoms with Crippen LogP contribution in [0.5, 0.6) is 0 Å². The van der Waals surface area contributed by atoms with E-state index in [0.717, 1.165) is 19.3 Å². The van der Waals surface area contributed by atoms with Crippen molar-refractivity contribution in [1.29, 1.82) is 0 Å². The molecule has 0 fully saturated rings. The van der Waals surface area contributed by atoms with Crippen molar-refractivity contribution in [2.45, 2.75) is 26.2 Å². The van der Waals surface area contributed by atoms with Gasteiger partial charge in [0.15, 0.2) is 0 Å². The first-order valence-corrected chi connectivity index (χ1v) is 3.82. The molecular formula is C9H16O. The minimum atomic E-state index is 0.258. The maximum atomic E-state index is 8.40. The van der Waals surface area contributed by atoms with Gasteiger partial charge in [0.1, 0.15) is 0 Å². The summed E-state index contributed by atoms with van der Waals surface area (Å²) in [4.78, 5) is 0. The molecule has 1 heteroatoms. The maximum absolute atomic E-state index is 8.40. The van der Waals surface area contributed by atoms with Gasteiger partial charge in [-0.25, -0.2) is 0 Å². The second-order valence-corrected chi connectivity index (χ2v) is 2.10. The zero-order valence-corrected chi connectivity index (χ0v) is 6.59. The third-order valence-corrected chi connectivity index (χ3v) is 1.14. The molecule has 58 valence electrons. The van der Waals surface area contributed by atoms with Crippen molar-refractivity contribution in [3.63, 3.8) is 0 Å². The molecule has 0 saturated carbocycles. The lowest BCUT2D eigenvalue weighted by molar-refractivity contribution is 0.302. The second-order valence-electron chi connectivity index (χ2n) is 2.10. The summed E-state index contributed by atoms with van der Waals surface area (Å²) in [7, 11) is 0. The summed E-state index contributed by atoms with van der Waals surface area (Å²) in [6, 6.07) is 0. The summed E-state index contributed by atoms with van der Waals surface area (Å²) in [6.45, 7) is 2.38. The molecule has 0 amide bonds. The first-order chi connectivity index (χ1) is 4.91. The quantitative estimate of drug-likeness (QED) is 0.581. The Morgan fingerprint density at radius 1 is 1.10 bits per heavy atom. The lowest BCUT2D eigenvalue weighted by Gasteiger charge is -1.83. The van der Waals surface area contributed by atoms with Crippen LogP contribution in [0.3, 0.4) is 0 Å². The van der Waals surface area contributed by atoms with Gasteiger partial charge in [0, 0.05) is 6.61 Å². The van der Waals surface area contributed by atoms with Crippen LogP contribution in [0.25, 0.3) is 0 Å². The van der Waals surface area contributed by atoms with Gasteiger partial charge < -0.3 is 5.11 Å². The summed E-state index contributed by atoms with van der Waals surface area (Å²) in [6.07, 6.45) is 11.2. The average Bonchev–Trinajstić information content (AvgIpc) is 1.97. The molecule has 10 heavy (non-hydrogen) atoms. The number of rotatable bonds is 5. The van der Waals surface area contributed by atoms with E-state index in [1.54, 1.807) is 0 Å². The molecule has 0 aromatic heterocycles. The third-order valence-electron chi connectivity index (χ3n) is 1.14. The Balaban J connectivity index is 3.09. The van der Waals surface area contributed by atoms with Gasteiger partial charge in [-0.15, -0.1) is 0 Å². The largest absolute Gasteiger partial charge is 0.396 e. The van der Waals surface area contributed by atoms with Crippen LogP contribution in [0.15, 0.2) is 24.3 Å². The van der Waals surface area contributed by atoms with E-state index in [0.29, 0.717) is 0 Å². The summed E-state index contributed by atoms with van der Waals surface area (Å²) in [5.41, 5.74) is 0. The SMILES string of the molecule is CC/C=C/C/C=C\CCO. The Morgan fingerprint density at radius 2 is 1.80 bits per heavy atom. The van der Waals surface area contributed by atoms with Gasteiger partial charge in [0.05, 0.1) is 0 Å². The summed E-state index contributed by atoms with van der Waals surface area (Å²) in [5, 5.41) is 8.40. The molecule has 0 aliphatic carbocycles. The van der Waals surface area contributed by atoms with Crippen molar-refractivity contribution in [3.05, 3.63) is 24.3 Å². The molecule has 0 radical (unpaired) electrons. The van der Waals surface area contributed by atoms with Gasteiger partial charge in [-0.3, -0.25) is 0 Å². The molecule has 0 heterocycles. The van der Waals surface area contributed by atoms with Gasteiger partial charge in [-0.2, -0.15) is 0 Å². The predicted molar refractivity (Wildman–Crippen MR) is 44.9 cm³/mol. The molecule has 0 spiro atoms. The number of allylic oxidation sites excluding steroid dienone is 3. The highest BCUT2D eigenvalue weighted by atomic mass is 16.2. The molecule has 0 rings (SSSR count). The Kier molecular flexibility index (Phi) is 7.97. The fourth-order valence-electron chi connectivity index (χ4n) is 0.630. The van der Waals surface area contributed by atoms with Crippen molar-refractivity contribution in [2.75, 3.05) is 6.61 Å². The molecule has 1 N–H and O–H groups in total. The van der Waals surface area contributed by atoms with Crippen LogP contribution < -0.4 is 0 Å². The first kappa shape index (κ1) is 9.44. The van der Waals surface area contributed by atoms with Crippen molar-refractivity contribution in [1.82, 2.24) is 0 Å². The van der Waals surface area contributed by atoms with Crippen LogP contribution in [0.4, 0.5) is 0 Å². The lowest BCUT2D eigenvalue weighted by atomic mass is 10.3. The fraction of sp³-hybridized carbons (Fsp3) is 0.556. The van der Waals surface area contributed by atoms with Gasteiger partial charge in [-0.05, 0) is 19.3 Å². The molecule has 1 nitrogen and oxygen atoms in total. The molecular weight excluding hydrogens is 124 g/mol. The summed E-state index contributed by atoms with van der Waals surface area (Å²) in [5.74, 6) is 0. The van der Waals surface area contributed by atoms with Crippen LogP contribution in [-0.2, 0) is 0 Å². The molecule has 0 saturated heterocycles. The molecule has 0 aromatic rings. The van der Waals surface area contributed by atoms with E-state index in [-0.39, 0.29) is 6.61 Å². The van der Waals surface area contributed by atoms with E-state index >= 15 is 0 Å². The molecule has 0 bridgehead atoms. The molecule has 0 atom stereocenters. The van der Waals surface area contributed by atoms with Crippen LogP contribution in [0, 0.1) is 0 Å². The molecule has 0 unspecified atom stereocenters. The molecule has 0 aliphatic heterocycles. The molecule has 0 aromatic carbocycles. The minimum absolute atomic E-state index is 0.258. The first-order valence-electron chi connectivity index (χ1n) is 3.82. The Labute approximate surface area is 63.1 Å². The number of hydrogen-bond acceptors (Lipinski definition) is 1. The van der Waals surface area contributed by atoms with Crippen LogP contribution in [0.1, 0.15) is 26.2 Å². The highest BCUT2D eigenvalue weighted by Gasteiger charge is 1.72. The zero-order chi connectivity index (χ0) is 7.66. The Morgan fingerprint density at radius 3 is 2.40 bits per heavy atom. The van der Waals surface area contributed by atoms with Crippen LogP contribution in [0.2, 0.25) is 0 Å². The number of aliphatic hydroxyl groups excluding tert-OH is 1. The average molecular weight is 140 g/mol. The van der Waals surface area contributed by atoms with Gasteiger partial charge in [0.2, 0.25) is 0 Å². The maximum Gasteiger partial charge on any atom is 0.0465 e. The van der Waals surface area contributed by atoms with Crippen molar-refractivity contribution in [2.24, 2.45) is 0 Å². The van der Waals surface area contributed by atoms with Crippen molar-refractivity contribution < 1.29 is 5.11 Å². The predicted octanol–water partition coefficient (Wildman–Crippen LogP) is 2.28. The lowest BCUT2D eigenvalue weighted by Crippen LogP contribution is -1.74. The smallest absolute Gasteiger partial charge is 0.0465 e. The highest BCUT2D eigenvalue weighted by molar-refractivity contribution is 4.92. The number of hydrogen-bond donors (Lipinski definition) is 1. The Hall–Kier alpha value is -0.560. The minimum Gasteiger partial charge on any atom is -0.396 e. The van der Waals surface area contributed by atoms with Gasteiger partial charge in [-0.1, -0.05) is 31.2 Å². The standard InChI is InChI=1S/C9H16O/c1-2-3-4-5-6-7-8-9-10/h3-4,6-7,10H,2,5,8-9H2,1H3/b4-3+,7-6-. The third kappa shape index (κ3) is 7.44. The van der Waals surface area contributed by atoms with Crippen molar-refractivity contribution >= 4 is 0 Å². The van der Waals surface area contributed by atoms with Crippen LogP contribution >= 0.6 is 0 Å². The normalized spacial score (nSPS) is 11.8. The van der Waals surface area contributed by atoms with E-state index in [4.69, 9.17) is 5.11 Å². The fourth-order valence-corrected chi connectivity index (χ4v) is 0.630.